The van der Waals surface area contributed by atoms with Crippen LogP contribution in [0.3, 0.4) is 0 Å². The first-order chi connectivity index (χ1) is 8.74. The molecule has 0 unspecified atom stereocenters. The summed E-state index contributed by atoms with van der Waals surface area (Å²) >= 11 is 17.9. The summed E-state index contributed by atoms with van der Waals surface area (Å²) in [7, 11) is 0. The average molecular weight is 321 g/mol. The number of alkyl halides is 2. The molecule has 104 valence electrons. The van der Waals surface area contributed by atoms with Crippen molar-refractivity contribution in [3.8, 4) is 0 Å². The number of nitrogens with one attached hydrogen (secondary N) is 1. The molecule has 1 fully saturated rings. The Morgan fingerprint density at radius 3 is 2.63 bits per heavy atom. The third kappa shape index (κ3) is 3.18. The van der Waals surface area contributed by atoms with Crippen LogP contribution in [0.5, 0.6) is 0 Å². The van der Waals surface area contributed by atoms with Crippen LogP contribution in [0, 0.1) is 5.41 Å². The van der Waals surface area contributed by atoms with Gasteiger partial charge in [0.15, 0.2) is 0 Å². The first kappa shape index (κ1) is 15.0. The van der Waals surface area contributed by atoms with Gasteiger partial charge < -0.3 is 5.32 Å². The van der Waals surface area contributed by atoms with Crippen LogP contribution >= 0.6 is 34.8 Å². The van der Waals surface area contributed by atoms with Crippen molar-refractivity contribution in [3.63, 3.8) is 0 Å². The van der Waals surface area contributed by atoms with Gasteiger partial charge in [-0.15, -0.1) is 23.2 Å². The molecule has 0 saturated heterocycles. The molecule has 0 aliphatic heterocycles. The molecule has 1 aliphatic rings. The second-order valence-electron chi connectivity index (χ2n) is 5.42. The summed E-state index contributed by atoms with van der Waals surface area (Å²) in [5.41, 5.74) is 0.419. The maximum atomic E-state index is 12.1. The van der Waals surface area contributed by atoms with E-state index >= 15 is 0 Å². The third-order valence-electron chi connectivity index (χ3n) is 3.57. The molecular formula is C14H16Cl3NO. The summed E-state index contributed by atoms with van der Waals surface area (Å²) in [6, 6.07) is 7.62. The lowest BCUT2D eigenvalue weighted by Gasteiger charge is -2.18. The number of amides is 1. The SMILES string of the molecule is C[C@H](Cc1cccc(Cl)c1)NC(=O)[C@@]1(C)CC1(Cl)Cl. The summed E-state index contributed by atoms with van der Waals surface area (Å²) in [4.78, 5) is 12.1. The molecular weight excluding hydrogens is 305 g/mol. The molecule has 2 rings (SSSR count). The molecule has 0 radical (unpaired) electrons. The number of rotatable bonds is 4. The second kappa shape index (κ2) is 5.16. The quantitative estimate of drug-likeness (QED) is 0.836. The van der Waals surface area contributed by atoms with Crippen molar-refractivity contribution in [1.82, 2.24) is 5.32 Å². The summed E-state index contributed by atoms with van der Waals surface area (Å²) in [6.07, 6.45) is 1.22. The average Bonchev–Trinajstić information content (AvgIpc) is 2.79. The highest BCUT2D eigenvalue weighted by molar-refractivity contribution is 6.53. The van der Waals surface area contributed by atoms with Crippen LogP contribution in [-0.4, -0.2) is 16.3 Å². The Balaban J connectivity index is 1.92. The summed E-state index contributed by atoms with van der Waals surface area (Å²) in [6.45, 7) is 3.74. The molecule has 19 heavy (non-hydrogen) atoms. The van der Waals surface area contributed by atoms with Crippen LogP contribution in [-0.2, 0) is 11.2 Å². The molecule has 1 saturated carbocycles. The van der Waals surface area contributed by atoms with Gasteiger partial charge in [-0.1, -0.05) is 23.7 Å². The van der Waals surface area contributed by atoms with E-state index in [9.17, 15) is 4.79 Å². The van der Waals surface area contributed by atoms with Crippen LogP contribution < -0.4 is 5.32 Å². The van der Waals surface area contributed by atoms with Gasteiger partial charge in [-0.3, -0.25) is 4.79 Å². The molecule has 1 aromatic carbocycles. The first-order valence-electron chi connectivity index (χ1n) is 6.18. The molecule has 1 N–H and O–H groups in total. The molecule has 0 aromatic heterocycles. The predicted molar refractivity (Wildman–Crippen MR) is 79.9 cm³/mol. The van der Waals surface area contributed by atoms with Gasteiger partial charge >= 0.3 is 0 Å². The number of carbonyl (C=O) groups excluding carboxylic acids is 1. The van der Waals surface area contributed by atoms with E-state index in [0.717, 1.165) is 12.0 Å². The number of halogens is 3. The minimum absolute atomic E-state index is 0.00697. The Kier molecular flexibility index (Phi) is 4.06. The Morgan fingerprint density at radius 2 is 2.11 bits per heavy atom. The van der Waals surface area contributed by atoms with E-state index in [0.29, 0.717) is 11.4 Å². The fraction of sp³-hybridized carbons (Fsp3) is 0.500. The molecule has 0 bridgehead atoms. The van der Waals surface area contributed by atoms with Crippen LogP contribution in [0.1, 0.15) is 25.8 Å². The lowest BCUT2D eigenvalue weighted by molar-refractivity contribution is -0.126. The van der Waals surface area contributed by atoms with Crippen molar-refractivity contribution >= 4 is 40.7 Å². The number of hydrogen-bond donors (Lipinski definition) is 1. The zero-order valence-electron chi connectivity index (χ0n) is 10.8. The number of hydrogen-bond acceptors (Lipinski definition) is 1. The van der Waals surface area contributed by atoms with Crippen LogP contribution in [0.25, 0.3) is 0 Å². The van der Waals surface area contributed by atoms with Gasteiger partial charge in [0.1, 0.15) is 4.33 Å². The van der Waals surface area contributed by atoms with Gasteiger partial charge in [-0.05, 0) is 44.4 Å². The fourth-order valence-corrected chi connectivity index (χ4v) is 3.02. The molecule has 0 spiro atoms. The molecule has 2 nitrogen and oxygen atoms in total. The fourth-order valence-electron chi connectivity index (χ4n) is 2.10. The summed E-state index contributed by atoms with van der Waals surface area (Å²) in [5.74, 6) is -0.0907. The molecule has 0 heterocycles. The normalized spacial score (nSPS) is 25.7. The van der Waals surface area contributed by atoms with E-state index in [1.54, 1.807) is 6.92 Å². The predicted octanol–water partition coefficient (Wildman–Crippen LogP) is 3.97. The van der Waals surface area contributed by atoms with Crippen LogP contribution in [0.15, 0.2) is 24.3 Å². The Hall–Kier alpha value is -0.440. The highest BCUT2D eigenvalue weighted by Crippen LogP contribution is 2.63. The van der Waals surface area contributed by atoms with Crippen molar-refractivity contribution in [2.75, 3.05) is 0 Å². The highest BCUT2D eigenvalue weighted by Gasteiger charge is 2.67. The second-order valence-corrected chi connectivity index (χ2v) is 7.34. The minimum atomic E-state index is -0.924. The third-order valence-corrected chi connectivity index (χ3v) is 4.90. The van der Waals surface area contributed by atoms with Crippen molar-refractivity contribution in [3.05, 3.63) is 34.9 Å². The monoisotopic (exact) mass is 319 g/mol. The molecule has 2 atom stereocenters. The van der Waals surface area contributed by atoms with Crippen molar-refractivity contribution in [1.29, 1.82) is 0 Å². The van der Waals surface area contributed by atoms with E-state index in [2.05, 4.69) is 5.32 Å². The van der Waals surface area contributed by atoms with Gasteiger partial charge in [0, 0.05) is 11.1 Å². The molecule has 1 aliphatic carbocycles. The molecule has 1 aromatic rings. The van der Waals surface area contributed by atoms with E-state index < -0.39 is 9.75 Å². The van der Waals surface area contributed by atoms with Crippen molar-refractivity contribution in [2.24, 2.45) is 5.41 Å². The zero-order valence-corrected chi connectivity index (χ0v) is 13.1. The lowest BCUT2D eigenvalue weighted by Crippen LogP contribution is -2.40. The Bertz CT molecular complexity index is 503. The Labute approximate surface area is 128 Å². The van der Waals surface area contributed by atoms with Crippen LogP contribution in [0.2, 0.25) is 5.02 Å². The maximum absolute atomic E-state index is 12.1. The van der Waals surface area contributed by atoms with Crippen molar-refractivity contribution < 1.29 is 4.79 Å². The molecule has 5 heteroatoms. The topological polar surface area (TPSA) is 29.1 Å². The van der Waals surface area contributed by atoms with E-state index in [-0.39, 0.29) is 11.9 Å². The van der Waals surface area contributed by atoms with Gasteiger partial charge in [0.2, 0.25) is 5.91 Å². The van der Waals surface area contributed by atoms with E-state index in [1.165, 1.54) is 0 Å². The van der Waals surface area contributed by atoms with Gasteiger partial charge in [0.25, 0.3) is 0 Å². The lowest BCUT2D eigenvalue weighted by atomic mass is 10.0. The standard InChI is InChI=1S/C14H16Cl3NO/c1-9(6-10-4-3-5-11(15)7-10)18-12(19)13(2)8-14(13,16)17/h3-5,7,9H,6,8H2,1-2H3,(H,18,19)/t9-,13-/m1/s1. The van der Waals surface area contributed by atoms with Gasteiger partial charge in [-0.2, -0.15) is 0 Å². The Morgan fingerprint density at radius 1 is 1.47 bits per heavy atom. The number of carbonyl (C=O) groups is 1. The minimum Gasteiger partial charge on any atom is -0.353 e. The zero-order chi connectivity index (χ0) is 14.3. The van der Waals surface area contributed by atoms with Crippen molar-refractivity contribution in [2.45, 2.75) is 37.1 Å². The smallest absolute Gasteiger partial charge is 0.229 e. The highest BCUT2D eigenvalue weighted by atomic mass is 35.5. The summed E-state index contributed by atoms with van der Waals surface area (Å²) < 4.78 is -0.924. The summed E-state index contributed by atoms with van der Waals surface area (Å²) in [5, 5.41) is 3.65. The van der Waals surface area contributed by atoms with Gasteiger partial charge in [-0.25, -0.2) is 0 Å². The number of benzene rings is 1. The van der Waals surface area contributed by atoms with E-state index in [4.69, 9.17) is 34.8 Å². The maximum Gasteiger partial charge on any atom is 0.229 e. The first-order valence-corrected chi connectivity index (χ1v) is 7.31. The largest absolute Gasteiger partial charge is 0.353 e. The van der Waals surface area contributed by atoms with Crippen LogP contribution in [0.4, 0.5) is 0 Å². The molecule has 1 amide bonds. The van der Waals surface area contributed by atoms with Gasteiger partial charge in [0.05, 0.1) is 5.41 Å². The van der Waals surface area contributed by atoms with E-state index in [1.807, 2.05) is 31.2 Å².